The highest BCUT2D eigenvalue weighted by atomic mass is 32.2. The van der Waals surface area contributed by atoms with Crippen molar-refractivity contribution in [3.63, 3.8) is 0 Å². The molecule has 3 aromatic heterocycles. The number of furan rings is 2. The molecule has 190 valence electrons. The van der Waals surface area contributed by atoms with E-state index in [2.05, 4.69) is 9.82 Å². The first-order valence-corrected chi connectivity index (χ1v) is 13.2. The molecule has 0 unspecified atom stereocenters. The van der Waals surface area contributed by atoms with E-state index in [1.807, 2.05) is 51.2 Å². The predicted octanol–water partition coefficient (Wildman–Crippen LogP) is 1.84. The van der Waals surface area contributed by atoms with Crippen LogP contribution in [-0.4, -0.2) is 47.8 Å². The number of hydrogen-bond acceptors (Lipinski definition) is 6. The lowest BCUT2D eigenvalue weighted by Gasteiger charge is -2.24. The summed E-state index contributed by atoms with van der Waals surface area (Å²) in [5.74, 6) is -0.627. The smallest absolute Gasteiger partial charge is 0.241 e. The molecule has 10 heteroatoms. The van der Waals surface area contributed by atoms with Crippen LogP contribution in [-0.2, 0) is 34.8 Å². The minimum absolute atomic E-state index is 0.188. The topological polar surface area (TPSA) is 111 Å². The van der Waals surface area contributed by atoms with E-state index in [9.17, 15) is 13.2 Å². The molecule has 4 rings (SSSR count). The number of hydrogen-bond donors (Lipinski definition) is 1. The summed E-state index contributed by atoms with van der Waals surface area (Å²) in [7, 11) is -0.361. The number of nitrogens with zero attached hydrogens (tertiary/aromatic N) is 3. The molecule has 1 atom stereocenters. The lowest BCUT2D eigenvalue weighted by Crippen LogP contribution is -2.49. The van der Waals surface area contributed by atoms with Crippen LogP contribution in [0.25, 0.3) is 23.1 Å². The van der Waals surface area contributed by atoms with Crippen LogP contribution in [0.3, 0.4) is 0 Å². The number of benzene rings is 1. The van der Waals surface area contributed by atoms with Gasteiger partial charge in [0.1, 0.15) is 17.0 Å². The lowest BCUT2D eigenvalue weighted by atomic mass is 10.0. The van der Waals surface area contributed by atoms with E-state index in [1.165, 1.54) is 11.2 Å². The number of carbonyl (C=O) groups is 1. The third-order valence-corrected chi connectivity index (χ3v) is 7.21. The highest BCUT2D eigenvalue weighted by Crippen LogP contribution is 2.19. The Morgan fingerprint density at radius 1 is 1.19 bits per heavy atom. The number of amides is 1. The van der Waals surface area contributed by atoms with Gasteiger partial charge in [-0.3, -0.25) is 9.48 Å². The highest BCUT2D eigenvalue weighted by Gasteiger charge is 2.27. The molecule has 1 amide bonds. The van der Waals surface area contributed by atoms with E-state index < -0.39 is 16.1 Å². The van der Waals surface area contributed by atoms with E-state index in [0.29, 0.717) is 17.2 Å². The van der Waals surface area contributed by atoms with Crippen molar-refractivity contribution in [3.05, 3.63) is 76.5 Å². The molecule has 0 aliphatic rings. The number of sulfonamides is 1. The Balaban J connectivity index is 1.59. The first-order chi connectivity index (χ1) is 17.1. The van der Waals surface area contributed by atoms with Gasteiger partial charge in [-0.1, -0.05) is 12.1 Å². The van der Waals surface area contributed by atoms with Gasteiger partial charge in [-0.15, -0.1) is 0 Å². The van der Waals surface area contributed by atoms with Crippen LogP contribution >= 0.6 is 0 Å². The van der Waals surface area contributed by atoms with E-state index >= 15 is 0 Å². The van der Waals surface area contributed by atoms with Crippen molar-refractivity contribution < 1.29 is 22.0 Å². The van der Waals surface area contributed by atoms with Gasteiger partial charge in [0.2, 0.25) is 15.9 Å². The molecule has 0 fully saturated rings. The number of rotatable bonds is 9. The summed E-state index contributed by atoms with van der Waals surface area (Å²) in [4.78, 5) is 15.0. The van der Waals surface area contributed by atoms with Crippen LogP contribution in [0.5, 0.6) is 0 Å². The maximum atomic E-state index is 13.5. The monoisotopic (exact) mass is 510 g/mol. The molecular weight excluding hydrogens is 480 g/mol. The van der Waals surface area contributed by atoms with Gasteiger partial charge in [-0.05, 0) is 62.2 Å². The molecule has 0 saturated heterocycles. The maximum absolute atomic E-state index is 13.5. The highest BCUT2D eigenvalue weighted by molar-refractivity contribution is 7.89. The number of nitrogens with one attached hydrogen (secondary N) is 1. The largest absolute Gasteiger partial charge is 0.465 e. The molecule has 36 heavy (non-hydrogen) atoms. The molecule has 9 nitrogen and oxygen atoms in total. The van der Waals surface area contributed by atoms with Crippen molar-refractivity contribution in [2.75, 3.05) is 12.8 Å². The van der Waals surface area contributed by atoms with Crippen molar-refractivity contribution >= 4 is 39.1 Å². The Kier molecular flexibility index (Phi) is 7.46. The van der Waals surface area contributed by atoms with E-state index in [1.54, 1.807) is 36.2 Å². The molecule has 0 saturated carbocycles. The number of likely N-dealkylation sites (N-methyl/N-ethyl adjacent to an activating group) is 1. The third-order valence-electron chi connectivity index (χ3n) is 5.96. The number of aryl methyl sites for hydroxylation is 2. The van der Waals surface area contributed by atoms with Crippen LogP contribution in [0.15, 0.2) is 57.8 Å². The van der Waals surface area contributed by atoms with Gasteiger partial charge < -0.3 is 13.7 Å². The zero-order chi connectivity index (χ0) is 25.9. The number of carbonyl (C=O) groups excluding carboxylic acids is 1. The average Bonchev–Trinajstić information content (AvgIpc) is 3.56. The second kappa shape index (κ2) is 10.5. The fourth-order valence-electron chi connectivity index (χ4n) is 4.16. The summed E-state index contributed by atoms with van der Waals surface area (Å²) < 4.78 is 41.2. The Labute approximate surface area is 209 Å². The quantitative estimate of drug-likeness (QED) is 0.368. The van der Waals surface area contributed by atoms with Crippen LogP contribution < -0.4 is 15.4 Å². The van der Waals surface area contributed by atoms with Gasteiger partial charge in [-0.25, -0.2) is 13.1 Å². The van der Waals surface area contributed by atoms with Gasteiger partial charge in [-0.2, -0.15) is 5.10 Å². The second-order valence-electron chi connectivity index (χ2n) is 8.78. The van der Waals surface area contributed by atoms with Crippen molar-refractivity contribution in [3.8, 4) is 0 Å². The van der Waals surface area contributed by atoms with Crippen molar-refractivity contribution in [2.45, 2.75) is 32.9 Å². The molecule has 0 aliphatic heterocycles. The Hall–Kier alpha value is -3.63. The molecule has 3 heterocycles. The van der Waals surface area contributed by atoms with Crippen LogP contribution in [0.1, 0.15) is 23.9 Å². The van der Waals surface area contributed by atoms with Crippen molar-refractivity contribution in [2.24, 2.45) is 7.05 Å². The van der Waals surface area contributed by atoms with Crippen LogP contribution in [0.4, 0.5) is 0 Å². The fourth-order valence-corrected chi connectivity index (χ4v) is 5.27. The third kappa shape index (κ3) is 5.95. The summed E-state index contributed by atoms with van der Waals surface area (Å²) in [6.07, 6.45) is 6.63. The summed E-state index contributed by atoms with van der Waals surface area (Å²) in [6, 6.07) is 10.0. The molecule has 1 N–H and O–H groups in total. The van der Waals surface area contributed by atoms with E-state index in [0.717, 1.165) is 27.9 Å². The molecule has 0 bridgehead atoms. The van der Waals surface area contributed by atoms with Gasteiger partial charge in [0, 0.05) is 24.7 Å². The Bertz CT molecular complexity index is 1600. The summed E-state index contributed by atoms with van der Waals surface area (Å²) in [5.41, 5.74) is 3.83. The minimum Gasteiger partial charge on any atom is -0.465 e. The van der Waals surface area contributed by atoms with Gasteiger partial charge in [0.05, 0.1) is 36.2 Å². The Morgan fingerprint density at radius 3 is 2.69 bits per heavy atom. The predicted molar refractivity (Wildman–Crippen MR) is 138 cm³/mol. The molecular formula is C26H30N4O5S. The number of aromatic nitrogens is 2. The standard InChI is InChI=1S/C26H30N4O5S/c1-5-24-20(8-11-34-24)10-13-36(32,33)28-23(16-19-6-7-25-21(15-19)9-12-35-25)26(31)29(3)17-22-14-18(2)27-30(22)4/h5-12,14-15,23,28H,13,16-17H2,1-4H3/b20-10-,24-5+/t23-/m1/s1. The summed E-state index contributed by atoms with van der Waals surface area (Å²) in [6.45, 7) is 3.99. The van der Waals surface area contributed by atoms with Crippen molar-refractivity contribution in [1.29, 1.82) is 0 Å². The van der Waals surface area contributed by atoms with Crippen molar-refractivity contribution in [1.82, 2.24) is 19.4 Å². The zero-order valence-corrected chi connectivity index (χ0v) is 21.6. The SMILES string of the molecule is C/C=c1/occ/c1=C/CS(=O)(=O)N[C@H](Cc1ccc2occc2c1)C(=O)N(C)Cc1cc(C)nn1C. The van der Waals surface area contributed by atoms with Crippen LogP contribution in [0.2, 0.25) is 0 Å². The minimum atomic E-state index is -3.83. The summed E-state index contributed by atoms with van der Waals surface area (Å²) >= 11 is 0. The Morgan fingerprint density at radius 2 is 1.97 bits per heavy atom. The normalized spacial score (nSPS) is 14.0. The van der Waals surface area contributed by atoms with Gasteiger partial charge in [0.25, 0.3) is 0 Å². The molecule has 0 radical (unpaired) electrons. The molecule has 1 aromatic carbocycles. The van der Waals surface area contributed by atoms with Gasteiger partial charge in [0.15, 0.2) is 0 Å². The van der Waals surface area contributed by atoms with Crippen LogP contribution in [0, 0.1) is 6.92 Å². The second-order valence-corrected chi connectivity index (χ2v) is 10.6. The lowest BCUT2D eigenvalue weighted by molar-refractivity contribution is -0.132. The molecule has 0 spiro atoms. The van der Waals surface area contributed by atoms with E-state index in [-0.39, 0.29) is 18.1 Å². The maximum Gasteiger partial charge on any atom is 0.241 e. The first kappa shape index (κ1) is 25.5. The molecule has 0 aliphatic carbocycles. The van der Waals surface area contributed by atoms with Gasteiger partial charge >= 0.3 is 0 Å². The molecule has 4 aromatic rings. The summed E-state index contributed by atoms with van der Waals surface area (Å²) in [5, 5.41) is 5.89. The zero-order valence-electron chi connectivity index (χ0n) is 20.8. The fraction of sp³-hybridized carbons (Fsp3) is 0.308. The number of fused-ring (bicyclic) bond motifs is 1. The average molecular weight is 511 g/mol. The first-order valence-electron chi connectivity index (χ1n) is 11.6. The van der Waals surface area contributed by atoms with E-state index in [4.69, 9.17) is 8.83 Å².